The largest absolute Gasteiger partial charge is 0.404 e. The van der Waals surface area contributed by atoms with Gasteiger partial charge in [-0.25, -0.2) is 0 Å². The molecule has 0 spiro atoms. The molecule has 1 aromatic rings. The van der Waals surface area contributed by atoms with E-state index in [0.29, 0.717) is 23.7 Å². The number of allylic oxidation sites excluding steroid dienone is 1. The van der Waals surface area contributed by atoms with Crippen LogP contribution in [0.4, 0.5) is 0 Å². The molecule has 0 saturated heterocycles. The number of aliphatic imine (C=N–C) groups is 1. The van der Waals surface area contributed by atoms with Gasteiger partial charge >= 0.3 is 0 Å². The van der Waals surface area contributed by atoms with Crippen molar-refractivity contribution in [3.8, 4) is 0 Å². The van der Waals surface area contributed by atoms with Gasteiger partial charge in [-0.15, -0.1) is 0 Å². The molecule has 23 heavy (non-hydrogen) atoms. The van der Waals surface area contributed by atoms with Crippen LogP contribution in [-0.4, -0.2) is 28.6 Å². The van der Waals surface area contributed by atoms with Gasteiger partial charge in [0, 0.05) is 19.4 Å². The van der Waals surface area contributed by atoms with Gasteiger partial charge in [-0.1, -0.05) is 6.92 Å². The van der Waals surface area contributed by atoms with E-state index >= 15 is 0 Å². The Morgan fingerprint density at radius 3 is 2.65 bits per heavy atom. The molecule has 0 saturated carbocycles. The molecule has 1 amide bonds. The summed E-state index contributed by atoms with van der Waals surface area (Å²) in [6, 6.07) is 0. The molecule has 0 aliphatic rings. The van der Waals surface area contributed by atoms with E-state index in [1.807, 2.05) is 13.8 Å². The van der Waals surface area contributed by atoms with Crippen molar-refractivity contribution in [3.63, 3.8) is 0 Å². The number of hydrogen-bond donors (Lipinski definition) is 3. The highest BCUT2D eigenvalue weighted by Crippen LogP contribution is 2.05. The first-order valence-electron chi connectivity index (χ1n) is 7.38. The van der Waals surface area contributed by atoms with E-state index in [2.05, 4.69) is 25.6 Å². The molecule has 1 aromatic heterocycles. The Hall–Kier alpha value is -2.70. The second kappa shape index (κ2) is 9.34. The summed E-state index contributed by atoms with van der Waals surface area (Å²) in [4.78, 5) is 24.6. The summed E-state index contributed by atoms with van der Waals surface area (Å²) in [7, 11) is 1.56. The fourth-order valence-electron chi connectivity index (χ4n) is 1.79. The van der Waals surface area contributed by atoms with Crippen molar-refractivity contribution in [1.29, 1.82) is 0 Å². The summed E-state index contributed by atoms with van der Waals surface area (Å²) in [6.45, 7) is 6.18. The van der Waals surface area contributed by atoms with E-state index in [1.54, 1.807) is 32.6 Å². The fourth-order valence-corrected chi connectivity index (χ4v) is 1.79. The SMILES string of the molecule is CC/C(C)=C(/NCc1cnccn1)NC(=O)C(=NC)C(C)=CN. The maximum Gasteiger partial charge on any atom is 0.275 e. The average molecular weight is 316 g/mol. The lowest BCUT2D eigenvalue weighted by Crippen LogP contribution is -2.37. The Labute approximate surface area is 136 Å². The molecule has 0 atom stereocenters. The minimum atomic E-state index is -0.304. The van der Waals surface area contributed by atoms with Gasteiger partial charge < -0.3 is 16.4 Å². The summed E-state index contributed by atoms with van der Waals surface area (Å²) in [5, 5.41) is 6.05. The first kappa shape index (κ1) is 18.3. The number of nitrogens with zero attached hydrogens (tertiary/aromatic N) is 3. The maximum absolute atomic E-state index is 12.4. The predicted octanol–water partition coefficient (Wildman–Crippen LogP) is 1.26. The first-order valence-corrected chi connectivity index (χ1v) is 7.38. The van der Waals surface area contributed by atoms with Gasteiger partial charge in [0.15, 0.2) is 0 Å². The standard InChI is InChI=1S/C16H24N6O/c1-5-11(2)15(21-10-13-9-19-6-7-20-13)22-16(23)14(18-4)12(3)8-17/h6-9,21H,5,10,17H2,1-4H3,(H,22,23)/b12-8?,15-11-,18-14?. The quantitative estimate of drug-likeness (QED) is 0.657. The van der Waals surface area contributed by atoms with Gasteiger partial charge in [-0.2, -0.15) is 0 Å². The minimum absolute atomic E-state index is 0.301. The Balaban J connectivity index is 2.86. The summed E-state index contributed by atoms with van der Waals surface area (Å²) in [5.41, 5.74) is 8.19. The Kier molecular flexibility index (Phi) is 7.45. The zero-order valence-corrected chi connectivity index (χ0v) is 14.1. The normalized spacial score (nSPS) is 13.4. The van der Waals surface area contributed by atoms with Crippen LogP contribution in [0.2, 0.25) is 0 Å². The Bertz CT molecular complexity index is 619. The van der Waals surface area contributed by atoms with Crippen molar-refractivity contribution in [2.24, 2.45) is 10.7 Å². The van der Waals surface area contributed by atoms with E-state index in [-0.39, 0.29) is 5.91 Å². The van der Waals surface area contributed by atoms with Crippen LogP contribution in [0.3, 0.4) is 0 Å². The lowest BCUT2D eigenvalue weighted by atomic mass is 10.1. The molecule has 7 nitrogen and oxygen atoms in total. The van der Waals surface area contributed by atoms with Crippen molar-refractivity contribution in [2.45, 2.75) is 33.7 Å². The van der Waals surface area contributed by atoms with E-state index < -0.39 is 0 Å². The van der Waals surface area contributed by atoms with Crippen molar-refractivity contribution in [3.05, 3.63) is 47.5 Å². The molecule has 124 valence electrons. The predicted molar refractivity (Wildman–Crippen MR) is 91.3 cm³/mol. The molecule has 4 N–H and O–H groups in total. The minimum Gasteiger partial charge on any atom is -0.404 e. The van der Waals surface area contributed by atoms with E-state index in [4.69, 9.17) is 5.73 Å². The highest BCUT2D eigenvalue weighted by molar-refractivity contribution is 6.45. The molecule has 1 heterocycles. The van der Waals surface area contributed by atoms with Crippen LogP contribution in [0.25, 0.3) is 0 Å². The molecule has 0 unspecified atom stereocenters. The van der Waals surface area contributed by atoms with E-state index in [9.17, 15) is 4.79 Å². The van der Waals surface area contributed by atoms with Gasteiger partial charge in [0.05, 0.1) is 18.4 Å². The molecule has 7 heteroatoms. The molecule has 0 aliphatic carbocycles. The highest BCUT2D eigenvalue weighted by atomic mass is 16.2. The third-order valence-electron chi connectivity index (χ3n) is 3.32. The van der Waals surface area contributed by atoms with Crippen molar-refractivity contribution >= 4 is 11.6 Å². The van der Waals surface area contributed by atoms with Crippen LogP contribution in [0.1, 0.15) is 32.9 Å². The third kappa shape index (κ3) is 5.54. The van der Waals surface area contributed by atoms with Crippen molar-refractivity contribution < 1.29 is 4.79 Å². The van der Waals surface area contributed by atoms with E-state index in [1.165, 1.54) is 6.20 Å². The third-order valence-corrected chi connectivity index (χ3v) is 3.32. The Morgan fingerprint density at radius 2 is 2.13 bits per heavy atom. The molecule has 0 aromatic carbocycles. The number of aromatic nitrogens is 2. The zero-order valence-electron chi connectivity index (χ0n) is 14.1. The Morgan fingerprint density at radius 1 is 1.39 bits per heavy atom. The zero-order chi connectivity index (χ0) is 17.2. The monoisotopic (exact) mass is 316 g/mol. The summed E-state index contributed by atoms with van der Waals surface area (Å²) in [6.07, 6.45) is 7.08. The number of nitrogens with two attached hydrogens (primary N) is 1. The lowest BCUT2D eigenvalue weighted by molar-refractivity contribution is -0.114. The van der Waals surface area contributed by atoms with Crippen LogP contribution in [-0.2, 0) is 11.3 Å². The lowest BCUT2D eigenvalue weighted by Gasteiger charge is -2.16. The number of amides is 1. The number of nitrogens with one attached hydrogen (secondary N) is 2. The molecule has 1 rings (SSSR count). The molecule has 0 bridgehead atoms. The molecule has 0 fully saturated rings. The van der Waals surface area contributed by atoms with Gasteiger partial charge in [0.1, 0.15) is 11.5 Å². The summed E-state index contributed by atoms with van der Waals surface area (Å²) in [5.74, 6) is 0.343. The van der Waals surface area contributed by atoms with Crippen molar-refractivity contribution in [1.82, 2.24) is 20.6 Å². The number of carbonyl (C=O) groups excluding carboxylic acids is 1. The van der Waals surface area contributed by atoms with Crippen LogP contribution < -0.4 is 16.4 Å². The molecular weight excluding hydrogens is 292 g/mol. The van der Waals surface area contributed by atoms with Gasteiger partial charge in [0.25, 0.3) is 5.91 Å². The van der Waals surface area contributed by atoms with Gasteiger partial charge in [-0.3, -0.25) is 19.8 Å². The molecular formula is C16H24N6O. The smallest absolute Gasteiger partial charge is 0.275 e. The van der Waals surface area contributed by atoms with Crippen LogP contribution in [0.15, 0.2) is 46.8 Å². The van der Waals surface area contributed by atoms with E-state index in [0.717, 1.165) is 17.7 Å². The number of hydrogen-bond acceptors (Lipinski definition) is 6. The maximum atomic E-state index is 12.4. The second-order valence-electron chi connectivity index (χ2n) is 4.94. The average Bonchev–Trinajstić information content (AvgIpc) is 2.59. The second-order valence-corrected chi connectivity index (χ2v) is 4.94. The fraction of sp³-hybridized carbons (Fsp3) is 0.375. The van der Waals surface area contributed by atoms with Crippen LogP contribution in [0.5, 0.6) is 0 Å². The topological polar surface area (TPSA) is 105 Å². The van der Waals surface area contributed by atoms with Crippen LogP contribution in [0, 0.1) is 0 Å². The summed E-state index contributed by atoms with van der Waals surface area (Å²) >= 11 is 0. The number of carbonyl (C=O) groups is 1. The van der Waals surface area contributed by atoms with Crippen LogP contribution >= 0.6 is 0 Å². The first-order chi connectivity index (χ1) is 11.0. The molecule has 0 radical (unpaired) electrons. The van der Waals surface area contributed by atoms with Crippen molar-refractivity contribution in [2.75, 3.05) is 7.05 Å². The van der Waals surface area contributed by atoms with Gasteiger partial charge in [0.2, 0.25) is 0 Å². The summed E-state index contributed by atoms with van der Waals surface area (Å²) < 4.78 is 0. The molecule has 0 aliphatic heterocycles. The highest BCUT2D eigenvalue weighted by Gasteiger charge is 2.15. The number of rotatable bonds is 7. The van der Waals surface area contributed by atoms with Gasteiger partial charge in [-0.05, 0) is 37.6 Å².